The molecule has 0 bridgehead atoms. The van der Waals surface area contributed by atoms with E-state index in [4.69, 9.17) is 9.47 Å². The molecule has 0 aliphatic heterocycles. The Balaban J connectivity index is 0.000000427. The van der Waals surface area contributed by atoms with E-state index in [1.54, 1.807) is 48.5 Å². The van der Waals surface area contributed by atoms with Crippen molar-refractivity contribution in [1.29, 1.82) is 0 Å². The largest absolute Gasteiger partial charge is 2.00 e. The smallest absolute Gasteiger partial charge is 0.871 e. The Morgan fingerprint density at radius 2 is 0.810 bits per heavy atom. The monoisotopic (exact) mass is 934 g/mol. The Bertz CT molecular complexity index is 1910. The van der Waals surface area contributed by atoms with Crippen molar-refractivity contribution in [3.8, 4) is 34.5 Å². The van der Waals surface area contributed by atoms with Crippen molar-refractivity contribution in [3.63, 3.8) is 0 Å². The van der Waals surface area contributed by atoms with Crippen LogP contribution in [0.15, 0.2) is 94.7 Å². The van der Waals surface area contributed by atoms with Crippen LogP contribution in [0, 0.1) is 0 Å². The average molecular weight is 935 g/mol. The number of ether oxygens (including phenoxy) is 2. The standard InChI is InChI=1S/2C25H36O5S.Ca/c2*1-2-3-4-5-6-7-8-9-10-11-13-16-21-19-23(30-22-17-14-12-15-18-22)20-24(25(21)26)31(27,28)29;/h2*12,14-15,17-20,26H,2-11,13,16H2,1H3,(H,27,28,29);/q;;+2/p-2. The van der Waals surface area contributed by atoms with Gasteiger partial charge in [-0.3, -0.25) is 4.55 Å². The van der Waals surface area contributed by atoms with E-state index in [1.165, 1.54) is 103 Å². The maximum absolute atomic E-state index is 12.5. The van der Waals surface area contributed by atoms with E-state index in [1.807, 2.05) is 24.3 Å². The summed E-state index contributed by atoms with van der Waals surface area (Å²) in [5.41, 5.74) is 0.788. The number of hydrogen-bond donors (Lipinski definition) is 2. The van der Waals surface area contributed by atoms with Crippen LogP contribution in [0.1, 0.15) is 166 Å². The first-order valence-electron chi connectivity index (χ1n) is 22.9. The van der Waals surface area contributed by atoms with Crippen LogP contribution in [0.25, 0.3) is 0 Å². The van der Waals surface area contributed by atoms with Gasteiger partial charge in [-0.25, -0.2) is 8.42 Å². The minimum atomic E-state index is -4.87. The summed E-state index contributed by atoms with van der Waals surface area (Å²) < 4.78 is 79.0. The van der Waals surface area contributed by atoms with Gasteiger partial charge in [-0.1, -0.05) is 190 Å². The number of aromatic hydroxyl groups is 1. The molecule has 0 saturated heterocycles. The van der Waals surface area contributed by atoms with Gasteiger partial charge >= 0.3 is 37.7 Å². The van der Waals surface area contributed by atoms with E-state index in [9.17, 15) is 36.2 Å². The summed E-state index contributed by atoms with van der Waals surface area (Å²) in [5, 5.41) is 22.9. The Morgan fingerprint density at radius 3 is 1.17 bits per heavy atom. The van der Waals surface area contributed by atoms with Crippen molar-refractivity contribution in [3.05, 3.63) is 96.1 Å². The van der Waals surface area contributed by atoms with Gasteiger partial charge in [0.25, 0.3) is 10.1 Å². The SMILES string of the molecule is CCCCCCCCCCCCCc1cc(Oc2ccccc2)cc(S(=O)(=O)O)c1O.CCCCCCCCCCCCCc1cc(Oc2ccccc2)cc(S(=O)(=O)[O-])c1[O-].[Ca+2]. The van der Waals surface area contributed by atoms with Crippen LogP contribution in [-0.2, 0) is 33.1 Å². The number of unbranched alkanes of at least 4 members (excludes halogenated alkanes) is 20. The Morgan fingerprint density at radius 1 is 0.476 bits per heavy atom. The van der Waals surface area contributed by atoms with Gasteiger partial charge in [0.05, 0.1) is 4.90 Å². The van der Waals surface area contributed by atoms with E-state index in [2.05, 4.69) is 13.8 Å². The number of aryl methyl sites for hydroxylation is 2. The molecule has 0 aliphatic carbocycles. The van der Waals surface area contributed by atoms with Gasteiger partial charge < -0.3 is 24.2 Å². The zero-order valence-electron chi connectivity index (χ0n) is 37.7. The van der Waals surface area contributed by atoms with Gasteiger partial charge in [-0.15, -0.1) is 0 Å². The summed E-state index contributed by atoms with van der Waals surface area (Å²) in [7, 11) is -9.42. The normalized spacial score (nSPS) is 11.4. The molecule has 4 aromatic carbocycles. The third kappa shape index (κ3) is 23.3. The fourth-order valence-electron chi connectivity index (χ4n) is 7.35. The topological polar surface area (TPSA) is 173 Å². The fourth-order valence-corrected chi connectivity index (χ4v) is 8.61. The molecule has 4 aromatic rings. The molecule has 344 valence electrons. The predicted molar refractivity (Wildman–Crippen MR) is 251 cm³/mol. The number of para-hydroxylation sites is 2. The molecule has 0 aliphatic rings. The Hall–Kier alpha value is -2.84. The first kappa shape index (κ1) is 56.3. The van der Waals surface area contributed by atoms with Gasteiger partial charge in [0.15, 0.2) is 0 Å². The van der Waals surface area contributed by atoms with Crippen LogP contribution >= 0.6 is 0 Å². The number of hydrogen-bond acceptors (Lipinski definition) is 9. The molecule has 0 heterocycles. The van der Waals surface area contributed by atoms with Crippen LogP contribution in [0.5, 0.6) is 34.5 Å². The van der Waals surface area contributed by atoms with Crippen molar-refractivity contribution in [1.82, 2.24) is 0 Å². The first-order valence-corrected chi connectivity index (χ1v) is 25.8. The first-order chi connectivity index (χ1) is 29.8. The molecule has 0 amide bonds. The third-order valence-corrected chi connectivity index (χ3v) is 12.5. The zero-order valence-corrected chi connectivity index (χ0v) is 41.6. The van der Waals surface area contributed by atoms with Crippen molar-refractivity contribution in [2.45, 2.75) is 178 Å². The number of phenols is 1. The summed E-state index contributed by atoms with van der Waals surface area (Å²) in [6.45, 7) is 4.46. The summed E-state index contributed by atoms with van der Waals surface area (Å²) in [5.74, 6) is 0.427. The molecule has 0 spiro atoms. The maximum atomic E-state index is 12.5. The molecular weight excluding hydrogens is 865 g/mol. The van der Waals surface area contributed by atoms with Crippen molar-refractivity contribution >= 4 is 58.0 Å². The summed E-state index contributed by atoms with van der Waals surface area (Å²) in [6.07, 6.45) is 27.4. The second-order valence-electron chi connectivity index (χ2n) is 16.2. The zero-order chi connectivity index (χ0) is 45.1. The van der Waals surface area contributed by atoms with Crippen LogP contribution in [0.4, 0.5) is 0 Å². The van der Waals surface area contributed by atoms with E-state index >= 15 is 0 Å². The molecule has 0 radical (unpaired) electrons. The van der Waals surface area contributed by atoms with Crippen LogP contribution < -0.4 is 14.6 Å². The van der Waals surface area contributed by atoms with E-state index in [0.717, 1.165) is 50.7 Å². The van der Waals surface area contributed by atoms with E-state index in [-0.39, 0.29) is 49.2 Å². The maximum Gasteiger partial charge on any atom is 2.00 e. The number of rotatable bonds is 30. The van der Waals surface area contributed by atoms with Crippen molar-refractivity contribution < 1.29 is 45.6 Å². The van der Waals surface area contributed by atoms with Gasteiger partial charge in [0.1, 0.15) is 43.8 Å². The average Bonchev–Trinajstić information content (AvgIpc) is 3.24. The molecule has 2 N–H and O–H groups in total. The fraction of sp³-hybridized carbons (Fsp3) is 0.520. The van der Waals surface area contributed by atoms with Gasteiger partial charge in [0.2, 0.25) is 0 Å². The molecule has 4 rings (SSSR count). The third-order valence-electron chi connectivity index (χ3n) is 10.8. The van der Waals surface area contributed by atoms with Gasteiger partial charge in [0, 0.05) is 6.07 Å². The molecule has 0 aromatic heterocycles. The molecule has 0 fully saturated rings. The summed E-state index contributed by atoms with van der Waals surface area (Å²) in [6, 6.07) is 23.2. The second kappa shape index (κ2) is 31.9. The van der Waals surface area contributed by atoms with Crippen molar-refractivity contribution in [2.75, 3.05) is 0 Å². The van der Waals surface area contributed by atoms with Crippen LogP contribution in [-0.4, -0.2) is 68.8 Å². The Labute approximate surface area is 408 Å². The molecule has 63 heavy (non-hydrogen) atoms. The molecule has 13 heteroatoms. The Kier molecular flexibility index (Phi) is 28.5. The minimum absolute atomic E-state index is 0. The van der Waals surface area contributed by atoms with E-state index in [0.29, 0.717) is 35.5 Å². The van der Waals surface area contributed by atoms with Gasteiger partial charge in [-0.2, -0.15) is 8.42 Å². The quantitative estimate of drug-likeness (QED) is 0.0291. The summed E-state index contributed by atoms with van der Waals surface area (Å²) >= 11 is 0. The number of phenolic OH excluding ortho intramolecular Hbond substituents is 1. The number of benzene rings is 4. The van der Waals surface area contributed by atoms with Crippen molar-refractivity contribution in [2.24, 2.45) is 0 Å². The minimum Gasteiger partial charge on any atom is -0.871 e. The molecule has 0 saturated carbocycles. The van der Waals surface area contributed by atoms with E-state index < -0.39 is 41.5 Å². The second-order valence-corrected chi connectivity index (χ2v) is 18.9. The molecular formula is C50H70CaO10S2. The summed E-state index contributed by atoms with van der Waals surface area (Å²) in [4.78, 5) is -1.25. The van der Waals surface area contributed by atoms with Crippen LogP contribution in [0.2, 0.25) is 0 Å². The van der Waals surface area contributed by atoms with Crippen LogP contribution in [0.3, 0.4) is 0 Å². The molecule has 0 unspecified atom stereocenters. The molecule has 0 atom stereocenters. The predicted octanol–water partition coefficient (Wildman–Crippen LogP) is 13.2. The van der Waals surface area contributed by atoms with Gasteiger partial charge in [-0.05, 0) is 73.7 Å². The molecule has 10 nitrogen and oxygen atoms in total.